The van der Waals surface area contributed by atoms with Gasteiger partial charge in [0.05, 0.1) is 28.1 Å². The molecule has 0 radical (unpaired) electrons. The summed E-state index contributed by atoms with van der Waals surface area (Å²) in [5.74, 6) is -1.72. The summed E-state index contributed by atoms with van der Waals surface area (Å²) in [4.78, 5) is 26.4. The van der Waals surface area contributed by atoms with Gasteiger partial charge in [0.15, 0.2) is 0 Å². The fraction of sp³-hybridized carbons (Fsp3) is 0.412. The zero-order valence-electron chi connectivity index (χ0n) is 12.4. The van der Waals surface area contributed by atoms with Gasteiger partial charge in [-0.05, 0) is 42.9 Å². The van der Waals surface area contributed by atoms with Gasteiger partial charge in [0.25, 0.3) is 0 Å². The highest BCUT2D eigenvalue weighted by atomic mass is 35.5. The number of fused-ring (bicyclic) bond motifs is 1. The molecule has 4 aliphatic rings. The molecule has 1 saturated heterocycles. The monoisotopic (exact) mass is 355 g/mol. The zero-order valence-corrected chi connectivity index (χ0v) is 13.1. The van der Waals surface area contributed by atoms with E-state index in [0.29, 0.717) is 0 Å². The number of imide groups is 1. The van der Waals surface area contributed by atoms with Crippen molar-refractivity contribution in [2.75, 3.05) is 4.90 Å². The lowest BCUT2D eigenvalue weighted by molar-refractivity contribution is -0.137. The van der Waals surface area contributed by atoms with Crippen LogP contribution in [0.25, 0.3) is 0 Å². The highest BCUT2D eigenvalue weighted by Gasteiger charge is 2.57. The number of amides is 2. The number of halogens is 4. The molecule has 5 rings (SSSR count). The molecule has 4 atom stereocenters. The summed E-state index contributed by atoms with van der Waals surface area (Å²) in [6.07, 6.45) is 0.958. The number of alkyl halides is 3. The quantitative estimate of drug-likeness (QED) is 0.562. The van der Waals surface area contributed by atoms with Crippen LogP contribution < -0.4 is 4.90 Å². The Hall–Kier alpha value is -1.82. The maximum Gasteiger partial charge on any atom is 0.417 e. The van der Waals surface area contributed by atoms with Gasteiger partial charge in [0.1, 0.15) is 0 Å². The Kier molecular flexibility index (Phi) is 3.33. The van der Waals surface area contributed by atoms with E-state index in [-0.39, 0.29) is 17.5 Å². The number of carbonyl (C=O) groups excluding carboxylic acids is 2. The lowest BCUT2D eigenvalue weighted by Gasteiger charge is -2.38. The number of allylic oxidation sites excluding steroid dienone is 2. The van der Waals surface area contributed by atoms with E-state index in [9.17, 15) is 22.8 Å². The number of hydrogen-bond acceptors (Lipinski definition) is 2. The molecule has 24 heavy (non-hydrogen) atoms. The van der Waals surface area contributed by atoms with Crippen LogP contribution in [-0.2, 0) is 15.8 Å². The Bertz CT molecular complexity index is 742. The van der Waals surface area contributed by atoms with Crippen LogP contribution in [0.1, 0.15) is 18.4 Å². The third kappa shape index (κ3) is 2.12. The minimum Gasteiger partial charge on any atom is -0.274 e. The molecule has 2 bridgehead atoms. The van der Waals surface area contributed by atoms with Crippen LogP contribution in [-0.4, -0.2) is 11.8 Å². The van der Waals surface area contributed by atoms with Crippen LogP contribution >= 0.6 is 11.6 Å². The van der Waals surface area contributed by atoms with Crippen molar-refractivity contribution in [1.29, 1.82) is 0 Å². The third-order valence-electron chi connectivity index (χ3n) is 5.27. The normalized spacial score (nSPS) is 31.8. The summed E-state index contributed by atoms with van der Waals surface area (Å²) in [6.45, 7) is 0. The van der Waals surface area contributed by atoms with Gasteiger partial charge < -0.3 is 0 Å². The molecule has 7 heteroatoms. The first-order chi connectivity index (χ1) is 11.3. The summed E-state index contributed by atoms with van der Waals surface area (Å²) in [6, 6.07) is 3.15. The molecule has 3 nitrogen and oxygen atoms in total. The van der Waals surface area contributed by atoms with E-state index < -0.39 is 40.4 Å². The van der Waals surface area contributed by atoms with Crippen molar-refractivity contribution in [3.05, 3.63) is 40.9 Å². The molecule has 1 heterocycles. The molecule has 0 spiro atoms. The number of carbonyl (C=O) groups is 2. The molecular formula is C17H13ClF3NO2. The van der Waals surface area contributed by atoms with Crippen LogP contribution in [0.15, 0.2) is 30.4 Å². The van der Waals surface area contributed by atoms with Gasteiger partial charge in [-0.25, -0.2) is 0 Å². The molecule has 2 fully saturated rings. The maximum absolute atomic E-state index is 13.1. The minimum atomic E-state index is -4.65. The number of anilines is 1. The summed E-state index contributed by atoms with van der Waals surface area (Å²) in [7, 11) is 0. The second-order valence-electron chi connectivity index (χ2n) is 6.52. The molecule has 0 unspecified atom stereocenters. The molecule has 1 aromatic rings. The molecule has 1 aromatic carbocycles. The van der Waals surface area contributed by atoms with E-state index in [1.54, 1.807) is 0 Å². The maximum atomic E-state index is 13.1. The number of hydrogen-bond donors (Lipinski definition) is 0. The standard InChI is InChI=1S/C17H13ClF3NO2/c18-12-6-5-10(7-11(12)17(19,20)21)22-15(23)13-8-1-2-9(4-3-8)14(13)16(22)24/h1-2,5-9,13-14H,3-4H2/t8-,9-,13+,14+/m1/s1. The first kappa shape index (κ1) is 15.7. The Labute approximate surface area is 141 Å². The van der Waals surface area contributed by atoms with E-state index >= 15 is 0 Å². The van der Waals surface area contributed by atoms with Crippen LogP contribution in [0.5, 0.6) is 0 Å². The average Bonchev–Trinajstić information content (AvgIpc) is 2.82. The summed E-state index contributed by atoms with van der Waals surface area (Å²) < 4.78 is 39.2. The lowest BCUT2D eigenvalue weighted by atomic mass is 9.63. The van der Waals surface area contributed by atoms with E-state index in [0.717, 1.165) is 29.9 Å². The van der Waals surface area contributed by atoms with Crippen LogP contribution in [0.4, 0.5) is 18.9 Å². The van der Waals surface area contributed by atoms with E-state index in [2.05, 4.69) is 0 Å². The van der Waals surface area contributed by atoms with Gasteiger partial charge in [-0.2, -0.15) is 13.2 Å². The van der Waals surface area contributed by atoms with E-state index in [4.69, 9.17) is 11.6 Å². The largest absolute Gasteiger partial charge is 0.417 e. The molecular weight excluding hydrogens is 343 g/mol. The van der Waals surface area contributed by atoms with Crippen molar-refractivity contribution in [2.45, 2.75) is 19.0 Å². The van der Waals surface area contributed by atoms with Crippen molar-refractivity contribution in [1.82, 2.24) is 0 Å². The van der Waals surface area contributed by atoms with Crippen LogP contribution in [0.3, 0.4) is 0 Å². The third-order valence-corrected chi connectivity index (χ3v) is 5.60. The Morgan fingerprint density at radius 1 is 1.00 bits per heavy atom. The molecule has 126 valence electrons. The smallest absolute Gasteiger partial charge is 0.274 e. The predicted octanol–water partition coefficient (Wildman–Crippen LogP) is 4.06. The summed E-state index contributed by atoms with van der Waals surface area (Å²) in [5, 5.41) is -0.454. The lowest BCUT2D eigenvalue weighted by Crippen LogP contribution is -2.38. The van der Waals surface area contributed by atoms with Crippen molar-refractivity contribution in [2.24, 2.45) is 23.7 Å². The Morgan fingerprint density at radius 2 is 1.54 bits per heavy atom. The Balaban J connectivity index is 1.76. The molecule has 3 aliphatic carbocycles. The molecule has 0 N–H and O–H groups in total. The van der Waals surface area contributed by atoms with Gasteiger partial charge in [-0.3, -0.25) is 14.5 Å². The van der Waals surface area contributed by atoms with Crippen LogP contribution in [0, 0.1) is 23.7 Å². The van der Waals surface area contributed by atoms with Crippen molar-refractivity contribution in [3.63, 3.8) is 0 Å². The molecule has 1 saturated carbocycles. The van der Waals surface area contributed by atoms with Crippen molar-refractivity contribution < 1.29 is 22.8 Å². The zero-order chi connectivity index (χ0) is 17.2. The second kappa shape index (κ2) is 5.09. The summed E-state index contributed by atoms with van der Waals surface area (Å²) in [5.41, 5.74) is -1.10. The van der Waals surface area contributed by atoms with Gasteiger partial charge >= 0.3 is 6.18 Å². The number of nitrogens with zero attached hydrogens (tertiary/aromatic N) is 1. The Morgan fingerprint density at radius 3 is 2.00 bits per heavy atom. The van der Waals surface area contributed by atoms with E-state index in [1.807, 2.05) is 12.2 Å². The number of rotatable bonds is 1. The SMILES string of the molecule is O=C1[C@@H]2[C@@H](C(=O)N1c1ccc(Cl)c(C(F)(F)F)c1)[C@@H]1C=C[C@@H]2CC1. The van der Waals surface area contributed by atoms with Crippen LogP contribution in [0.2, 0.25) is 5.02 Å². The topological polar surface area (TPSA) is 37.4 Å². The molecule has 0 aromatic heterocycles. The second-order valence-corrected chi connectivity index (χ2v) is 6.92. The van der Waals surface area contributed by atoms with Gasteiger partial charge in [0.2, 0.25) is 11.8 Å². The highest BCUT2D eigenvalue weighted by Crippen LogP contribution is 2.50. The predicted molar refractivity (Wildman–Crippen MR) is 81.3 cm³/mol. The average molecular weight is 356 g/mol. The molecule has 1 aliphatic heterocycles. The first-order valence-electron chi connectivity index (χ1n) is 7.72. The highest BCUT2D eigenvalue weighted by molar-refractivity contribution is 6.31. The fourth-order valence-corrected chi connectivity index (χ4v) is 4.42. The van der Waals surface area contributed by atoms with E-state index in [1.165, 1.54) is 6.07 Å². The van der Waals surface area contributed by atoms with Gasteiger partial charge in [-0.1, -0.05) is 23.8 Å². The molecule has 2 amide bonds. The first-order valence-corrected chi connectivity index (χ1v) is 8.09. The van der Waals surface area contributed by atoms with Crippen molar-refractivity contribution in [3.8, 4) is 0 Å². The van der Waals surface area contributed by atoms with Crippen molar-refractivity contribution >= 4 is 29.1 Å². The van der Waals surface area contributed by atoms with Gasteiger partial charge in [0, 0.05) is 0 Å². The summed E-state index contributed by atoms with van der Waals surface area (Å²) >= 11 is 5.62. The number of benzene rings is 1. The fourth-order valence-electron chi connectivity index (χ4n) is 4.20. The minimum absolute atomic E-state index is 0.00385. The van der Waals surface area contributed by atoms with Gasteiger partial charge in [-0.15, -0.1) is 0 Å².